The highest BCUT2D eigenvalue weighted by atomic mass is 79.9. The zero-order valence-electron chi connectivity index (χ0n) is 8.92. The number of halogens is 2. The Morgan fingerprint density at radius 2 is 2.25 bits per heavy atom. The molecule has 0 aliphatic rings. The monoisotopic (exact) mass is 306 g/mol. The normalized spacial score (nSPS) is 10.3. The summed E-state index contributed by atoms with van der Waals surface area (Å²) in [5.74, 6) is 0.399. The van der Waals surface area contributed by atoms with Gasteiger partial charge in [0.25, 0.3) is 0 Å². The largest absolute Gasteiger partial charge is 0.360 e. The van der Waals surface area contributed by atoms with Gasteiger partial charge in [0.1, 0.15) is 17.3 Å². The van der Waals surface area contributed by atoms with E-state index >= 15 is 0 Å². The second kappa shape index (κ2) is 6.00. The number of hydrogen-bond donors (Lipinski definition) is 2. The molecule has 2 N–H and O–H groups in total. The van der Waals surface area contributed by atoms with Gasteiger partial charge in [-0.1, -0.05) is 11.6 Å². The fourth-order valence-corrected chi connectivity index (χ4v) is 1.49. The van der Waals surface area contributed by atoms with E-state index in [4.69, 9.17) is 11.6 Å². The van der Waals surface area contributed by atoms with Crippen molar-refractivity contribution in [3.63, 3.8) is 0 Å². The predicted molar refractivity (Wildman–Crippen MR) is 66.5 cm³/mol. The lowest BCUT2D eigenvalue weighted by atomic mass is 10.4. The van der Waals surface area contributed by atoms with Crippen LogP contribution in [0.2, 0.25) is 5.15 Å². The molecule has 0 fully saturated rings. The van der Waals surface area contributed by atoms with Crippen molar-refractivity contribution in [1.82, 2.24) is 15.3 Å². The zero-order chi connectivity index (χ0) is 12.1. The van der Waals surface area contributed by atoms with Gasteiger partial charge in [-0.25, -0.2) is 9.97 Å². The summed E-state index contributed by atoms with van der Waals surface area (Å²) in [6, 6.07) is 0.117. The standard InChI is InChI=1S/C9H12BrClN4O/c1-5(2)15-6(16)3-12-9-7(10)8(11)13-4-14-9/h4-5H,3H2,1-2H3,(H,15,16)(H,12,13,14). The highest BCUT2D eigenvalue weighted by molar-refractivity contribution is 9.10. The smallest absolute Gasteiger partial charge is 0.239 e. The predicted octanol–water partition coefficient (Wildman–Crippen LogP) is 1.83. The Hall–Kier alpha value is -0.880. The summed E-state index contributed by atoms with van der Waals surface area (Å²) in [6.07, 6.45) is 1.33. The number of hydrogen-bond acceptors (Lipinski definition) is 4. The number of carbonyl (C=O) groups is 1. The molecular weight excluding hydrogens is 295 g/mol. The number of nitrogens with zero attached hydrogens (tertiary/aromatic N) is 2. The quantitative estimate of drug-likeness (QED) is 0.833. The molecule has 0 aromatic carbocycles. The maximum absolute atomic E-state index is 11.4. The summed E-state index contributed by atoms with van der Waals surface area (Å²) < 4.78 is 0.550. The minimum atomic E-state index is -0.100. The summed E-state index contributed by atoms with van der Waals surface area (Å²) in [5.41, 5.74) is 0. The van der Waals surface area contributed by atoms with Gasteiger partial charge in [-0.15, -0.1) is 0 Å². The number of nitrogens with one attached hydrogen (secondary N) is 2. The van der Waals surface area contributed by atoms with Gasteiger partial charge < -0.3 is 10.6 Å². The molecule has 5 nitrogen and oxygen atoms in total. The Morgan fingerprint density at radius 3 is 2.88 bits per heavy atom. The van der Waals surface area contributed by atoms with E-state index in [1.165, 1.54) is 6.33 Å². The van der Waals surface area contributed by atoms with Crippen LogP contribution in [0.25, 0.3) is 0 Å². The summed E-state index contributed by atoms with van der Waals surface area (Å²) in [4.78, 5) is 19.1. The molecule has 1 heterocycles. The number of rotatable bonds is 4. The van der Waals surface area contributed by atoms with Crippen molar-refractivity contribution >= 4 is 39.3 Å². The van der Waals surface area contributed by atoms with Gasteiger partial charge in [-0.05, 0) is 29.8 Å². The van der Waals surface area contributed by atoms with Crippen LogP contribution in [-0.2, 0) is 4.79 Å². The van der Waals surface area contributed by atoms with Crippen LogP contribution in [0.4, 0.5) is 5.82 Å². The molecule has 0 aliphatic heterocycles. The minimum absolute atomic E-state index is 0.100. The second-order valence-electron chi connectivity index (χ2n) is 3.40. The van der Waals surface area contributed by atoms with Gasteiger partial charge in [0.2, 0.25) is 5.91 Å². The van der Waals surface area contributed by atoms with E-state index in [1.807, 2.05) is 13.8 Å². The SMILES string of the molecule is CC(C)NC(=O)CNc1ncnc(Cl)c1Br. The van der Waals surface area contributed by atoms with E-state index in [1.54, 1.807) is 0 Å². The Labute approximate surface area is 107 Å². The molecule has 0 spiro atoms. The number of carbonyl (C=O) groups excluding carboxylic acids is 1. The Kier molecular flexibility index (Phi) is 4.95. The van der Waals surface area contributed by atoms with Crippen LogP contribution in [0, 0.1) is 0 Å². The van der Waals surface area contributed by atoms with Crippen LogP contribution in [-0.4, -0.2) is 28.5 Å². The van der Waals surface area contributed by atoms with Crippen LogP contribution in [0.15, 0.2) is 10.8 Å². The molecule has 88 valence electrons. The molecule has 1 aromatic rings. The van der Waals surface area contributed by atoms with Crippen LogP contribution < -0.4 is 10.6 Å². The van der Waals surface area contributed by atoms with Crippen molar-refractivity contribution < 1.29 is 4.79 Å². The topological polar surface area (TPSA) is 66.9 Å². The molecule has 0 radical (unpaired) electrons. The molecule has 0 atom stereocenters. The lowest BCUT2D eigenvalue weighted by molar-refractivity contribution is -0.119. The molecule has 0 saturated heterocycles. The first-order chi connectivity index (χ1) is 7.50. The van der Waals surface area contributed by atoms with Crippen LogP contribution in [0.3, 0.4) is 0 Å². The van der Waals surface area contributed by atoms with E-state index in [0.29, 0.717) is 15.4 Å². The Bertz CT molecular complexity index is 386. The van der Waals surface area contributed by atoms with Crippen LogP contribution >= 0.6 is 27.5 Å². The van der Waals surface area contributed by atoms with Crippen molar-refractivity contribution in [3.8, 4) is 0 Å². The lowest BCUT2D eigenvalue weighted by Gasteiger charge is -2.10. The molecular formula is C9H12BrClN4O. The van der Waals surface area contributed by atoms with Gasteiger partial charge >= 0.3 is 0 Å². The summed E-state index contributed by atoms with van der Waals surface area (Å²) in [6.45, 7) is 3.94. The molecule has 0 unspecified atom stereocenters. The number of amides is 1. The van der Waals surface area contributed by atoms with Crippen molar-refractivity contribution in [2.24, 2.45) is 0 Å². The molecule has 1 aromatic heterocycles. The van der Waals surface area contributed by atoms with Crippen LogP contribution in [0.1, 0.15) is 13.8 Å². The van der Waals surface area contributed by atoms with Gasteiger partial charge in [0.05, 0.1) is 11.0 Å². The number of aromatic nitrogens is 2. The molecule has 16 heavy (non-hydrogen) atoms. The molecule has 7 heteroatoms. The van der Waals surface area contributed by atoms with Crippen molar-refractivity contribution in [3.05, 3.63) is 16.0 Å². The molecule has 1 rings (SSSR count). The first kappa shape index (κ1) is 13.2. The maximum Gasteiger partial charge on any atom is 0.239 e. The number of anilines is 1. The van der Waals surface area contributed by atoms with Crippen molar-refractivity contribution in [2.45, 2.75) is 19.9 Å². The van der Waals surface area contributed by atoms with Crippen LogP contribution in [0.5, 0.6) is 0 Å². The minimum Gasteiger partial charge on any atom is -0.360 e. The average molecular weight is 308 g/mol. The Balaban J connectivity index is 2.55. The van der Waals surface area contributed by atoms with Gasteiger partial charge in [-0.2, -0.15) is 0 Å². The first-order valence-corrected chi connectivity index (χ1v) is 5.87. The van der Waals surface area contributed by atoms with Crippen molar-refractivity contribution in [2.75, 3.05) is 11.9 Å². The fourth-order valence-electron chi connectivity index (χ4n) is 1.01. The van der Waals surface area contributed by atoms with Gasteiger partial charge in [0, 0.05) is 6.04 Å². The van der Waals surface area contributed by atoms with Crippen molar-refractivity contribution in [1.29, 1.82) is 0 Å². The van der Waals surface area contributed by atoms with Gasteiger partial charge in [0.15, 0.2) is 0 Å². The summed E-state index contributed by atoms with van der Waals surface area (Å²) >= 11 is 9.00. The highest BCUT2D eigenvalue weighted by Gasteiger charge is 2.08. The third-order valence-corrected chi connectivity index (χ3v) is 2.88. The second-order valence-corrected chi connectivity index (χ2v) is 4.55. The van der Waals surface area contributed by atoms with E-state index in [0.717, 1.165) is 0 Å². The summed E-state index contributed by atoms with van der Waals surface area (Å²) in [5, 5.41) is 5.93. The van der Waals surface area contributed by atoms with E-state index < -0.39 is 0 Å². The Morgan fingerprint density at radius 1 is 1.56 bits per heavy atom. The van der Waals surface area contributed by atoms with E-state index in [-0.39, 0.29) is 18.5 Å². The summed E-state index contributed by atoms with van der Waals surface area (Å²) in [7, 11) is 0. The fraction of sp³-hybridized carbons (Fsp3) is 0.444. The lowest BCUT2D eigenvalue weighted by Crippen LogP contribution is -2.35. The van der Waals surface area contributed by atoms with Gasteiger partial charge in [-0.3, -0.25) is 4.79 Å². The molecule has 0 bridgehead atoms. The molecule has 1 amide bonds. The molecule has 0 saturated carbocycles. The maximum atomic E-state index is 11.4. The molecule has 0 aliphatic carbocycles. The third kappa shape index (κ3) is 3.94. The highest BCUT2D eigenvalue weighted by Crippen LogP contribution is 2.25. The van der Waals surface area contributed by atoms with E-state index in [2.05, 4.69) is 36.5 Å². The first-order valence-electron chi connectivity index (χ1n) is 4.70. The third-order valence-electron chi connectivity index (χ3n) is 1.61. The zero-order valence-corrected chi connectivity index (χ0v) is 11.3. The van der Waals surface area contributed by atoms with E-state index in [9.17, 15) is 4.79 Å². The average Bonchev–Trinajstić information content (AvgIpc) is 2.19.